The van der Waals surface area contributed by atoms with E-state index in [1.165, 1.54) is 0 Å². The summed E-state index contributed by atoms with van der Waals surface area (Å²) in [5.41, 5.74) is 0. The van der Waals surface area contributed by atoms with Crippen molar-refractivity contribution in [1.82, 2.24) is 4.90 Å². The maximum absolute atomic E-state index is 11.3. The topological polar surface area (TPSA) is 37.4 Å². The van der Waals surface area contributed by atoms with E-state index in [1.54, 1.807) is 6.92 Å². The van der Waals surface area contributed by atoms with Crippen molar-refractivity contribution in [3.8, 4) is 0 Å². The van der Waals surface area contributed by atoms with E-state index in [0.717, 1.165) is 19.5 Å². The molecular formula is C10H20ClNO2S. The fourth-order valence-electron chi connectivity index (χ4n) is 1.70. The molecule has 90 valence electrons. The van der Waals surface area contributed by atoms with Gasteiger partial charge in [0.1, 0.15) is 0 Å². The maximum atomic E-state index is 11.3. The molecule has 2 unspecified atom stereocenters. The van der Waals surface area contributed by atoms with E-state index in [-0.39, 0.29) is 16.9 Å². The van der Waals surface area contributed by atoms with Crippen LogP contribution in [0.25, 0.3) is 0 Å². The number of halogens is 1. The molecule has 1 rings (SSSR count). The zero-order valence-electron chi connectivity index (χ0n) is 9.45. The van der Waals surface area contributed by atoms with Gasteiger partial charge in [-0.25, -0.2) is 8.42 Å². The number of piperidine rings is 1. The third kappa shape index (κ3) is 4.29. The first-order valence-electron chi connectivity index (χ1n) is 5.51. The Bertz CT molecular complexity index is 292. The van der Waals surface area contributed by atoms with E-state index in [4.69, 9.17) is 11.6 Å². The molecule has 2 atom stereocenters. The highest BCUT2D eigenvalue weighted by molar-refractivity contribution is 7.91. The molecule has 0 bridgehead atoms. The van der Waals surface area contributed by atoms with Crippen LogP contribution in [0.3, 0.4) is 0 Å². The van der Waals surface area contributed by atoms with Gasteiger partial charge in [0.25, 0.3) is 0 Å². The SMILES string of the molecule is CCS(=O)(=O)CCN1CCC(C)C(Cl)C1. The van der Waals surface area contributed by atoms with Crippen LogP contribution in [-0.4, -0.2) is 49.8 Å². The average molecular weight is 254 g/mol. The predicted octanol–water partition coefficient (Wildman–Crippen LogP) is 1.37. The smallest absolute Gasteiger partial charge is 0.151 e. The molecule has 0 amide bonds. The lowest BCUT2D eigenvalue weighted by atomic mass is 9.99. The first-order valence-corrected chi connectivity index (χ1v) is 7.77. The van der Waals surface area contributed by atoms with Gasteiger partial charge in [-0.2, -0.15) is 0 Å². The lowest BCUT2D eigenvalue weighted by Gasteiger charge is -2.33. The highest BCUT2D eigenvalue weighted by Crippen LogP contribution is 2.21. The molecule has 0 spiro atoms. The van der Waals surface area contributed by atoms with Crippen molar-refractivity contribution in [3.05, 3.63) is 0 Å². The molecule has 0 N–H and O–H groups in total. The molecule has 1 aliphatic heterocycles. The van der Waals surface area contributed by atoms with E-state index in [2.05, 4.69) is 11.8 Å². The van der Waals surface area contributed by atoms with Gasteiger partial charge in [0.2, 0.25) is 0 Å². The van der Waals surface area contributed by atoms with Crippen LogP contribution >= 0.6 is 11.6 Å². The van der Waals surface area contributed by atoms with Gasteiger partial charge < -0.3 is 4.90 Å². The molecule has 0 saturated carbocycles. The van der Waals surface area contributed by atoms with Gasteiger partial charge in [-0.3, -0.25) is 0 Å². The minimum atomic E-state index is -2.83. The molecule has 1 saturated heterocycles. The van der Waals surface area contributed by atoms with E-state index in [9.17, 15) is 8.42 Å². The molecule has 15 heavy (non-hydrogen) atoms. The van der Waals surface area contributed by atoms with Crippen LogP contribution in [0.15, 0.2) is 0 Å². The summed E-state index contributed by atoms with van der Waals surface area (Å²) in [4.78, 5) is 2.16. The highest BCUT2D eigenvalue weighted by atomic mass is 35.5. The normalized spacial score (nSPS) is 29.3. The zero-order valence-corrected chi connectivity index (χ0v) is 11.0. The van der Waals surface area contributed by atoms with E-state index in [0.29, 0.717) is 12.5 Å². The van der Waals surface area contributed by atoms with Crippen molar-refractivity contribution in [2.45, 2.75) is 25.6 Å². The summed E-state index contributed by atoms with van der Waals surface area (Å²) in [6.07, 6.45) is 1.07. The molecule has 0 aromatic carbocycles. The number of nitrogens with zero attached hydrogens (tertiary/aromatic N) is 1. The standard InChI is InChI=1S/C10H20ClNO2S/c1-3-15(13,14)7-6-12-5-4-9(2)10(11)8-12/h9-10H,3-8H2,1-2H3. The summed E-state index contributed by atoms with van der Waals surface area (Å²) in [6.45, 7) is 6.27. The third-order valence-electron chi connectivity index (χ3n) is 3.11. The molecular weight excluding hydrogens is 234 g/mol. The summed E-state index contributed by atoms with van der Waals surface area (Å²) in [7, 11) is -2.83. The van der Waals surface area contributed by atoms with Crippen molar-refractivity contribution in [1.29, 1.82) is 0 Å². The summed E-state index contributed by atoms with van der Waals surface area (Å²) >= 11 is 6.15. The van der Waals surface area contributed by atoms with Crippen LogP contribution in [0.2, 0.25) is 0 Å². The Morgan fingerprint density at radius 1 is 1.47 bits per heavy atom. The monoisotopic (exact) mass is 253 g/mol. The molecule has 3 nitrogen and oxygen atoms in total. The zero-order chi connectivity index (χ0) is 11.5. The van der Waals surface area contributed by atoms with Crippen LogP contribution in [-0.2, 0) is 9.84 Å². The second-order valence-electron chi connectivity index (χ2n) is 4.32. The Morgan fingerprint density at radius 3 is 2.67 bits per heavy atom. The largest absolute Gasteiger partial charge is 0.301 e. The van der Waals surface area contributed by atoms with Gasteiger partial charge in [-0.15, -0.1) is 11.6 Å². The second kappa shape index (κ2) is 5.51. The molecule has 5 heteroatoms. The number of likely N-dealkylation sites (tertiary alicyclic amines) is 1. The lowest BCUT2D eigenvalue weighted by molar-refractivity contribution is 0.206. The molecule has 1 aliphatic rings. The molecule has 0 aromatic heterocycles. The van der Waals surface area contributed by atoms with Crippen LogP contribution in [0, 0.1) is 5.92 Å². The van der Waals surface area contributed by atoms with E-state index < -0.39 is 9.84 Å². The minimum absolute atomic E-state index is 0.170. The molecule has 0 aromatic rings. The fraction of sp³-hybridized carbons (Fsp3) is 1.00. The molecule has 0 aliphatic carbocycles. The summed E-state index contributed by atoms with van der Waals surface area (Å²) in [5, 5.41) is 0.170. The minimum Gasteiger partial charge on any atom is -0.301 e. The van der Waals surface area contributed by atoms with Gasteiger partial charge in [0.05, 0.1) is 5.75 Å². The Kier molecular flexibility index (Phi) is 4.87. The Labute approximate surface area is 97.7 Å². The van der Waals surface area contributed by atoms with Crippen LogP contribution < -0.4 is 0 Å². The fourth-order valence-corrected chi connectivity index (χ4v) is 2.85. The first kappa shape index (κ1) is 13.3. The van der Waals surface area contributed by atoms with Crippen LogP contribution in [0.5, 0.6) is 0 Å². The van der Waals surface area contributed by atoms with Gasteiger partial charge >= 0.3 is 0 Å². The Morgan fingerprint density at radius 2 is 2.13 bits per heavy atom. The van der Waals surface area contributed by atoms with Gasteiger partial charge in [-0.05, 0) is 18.9 Å². The van der Waals surface area contributed by atoms with Gasteiger partial charge in [-0.1, -0.05) is 13.8 Å². The lowest BCUT2D eigenvalue weighted by Crippen LogP contribution is -2.42. The van der Waals surface area contributed by atoms with Crippen molar-refractivity contribution in [2.24, 2.45) is 5.92 Å². The number of rotatable bonds is 4. The van der Waals surface area contributed by atoms with Crippen molar-refractivity contribution in [2.75, 3.05) is 31.1 Å². The number of sulfone groups is 1. The first-order chi connectivity index (χ1) is 6.94. The second-order valence-corrected chi connectivity index (χ2v) is 7.35. The number of hydrogen-bond donors (Lipinski definition) is 0. The van der Waals surface area contributed by atoms with Crippen molar-refractivity contribution in [3.63, 3.8) is 0 Å². The predicted molar refractivity (Wildman–Crippen MR) is 64.2 cm³/mol. The molecule has 1 fully saturated rings. The van der Waals surface area contributed by atoms with E-state index >= 15 is 0 Å². The summed E-state index contributed by atoms with van der Waals surface area (Å²) in [5.74, 6) is 1.05. The van der Waals surface area contributed by atoms with Gasteiger partial charge in [0.15, 0.2) is 9.84 Å². The van der Waals surface area contributed by atoms with E-state index in [1.807, 2.05) is 0 Å². The van der Waals surface area contributed by atoms with Crippen molar-refractivity contribution < 1.29 is 8.42 Å². The van der Waals surface area contributed by atoms with Crippen molar-refractivity contribution >= 4 is 21.4 Å². The quantitative estimate of drug-likeness (QED) is 0.711. The van der Waals surface area contributed by atoms with Crippen LogP contribution in [0.1, 0.15) is 20.3 Å². The Balaban J connectivity index is 2.35. The number of hydrogen-bond acceptors (Lipinski definition) is 3. The Hall–Kier alpha value is 0.200. The highest BCUT2D eigenvalue weighted by Gasteiger charge is 2.24. The van der Waals surface area contributed by atoms with Gasteiger partial charge in [0, 0.05) is 24.2 Å². The molecule has 1 heterocycles. The number of alkyl halides is 1. The van der Waals surface area contributed by atoms with Crippen LogP contribution in [0.4, 0.5) is 0 Å². The average Bonchev–Trinajstić information content (AvgIpc) is 2.20. The maximum Gasteiger partial charge on any atom is 0.151 e. The molecule has 0 radical (unpaired) electrons. The summed E-state index contributed by atoms with van der Waals surface area (Å²) in [6, 6.07) is 0. The third-order valence-corrected chi connectivity index (χ3v) is 5.36. The summed E-state index contributed by atoms with van der Waals surface area (Å²) < 4.78 is 22.7.